The zero-order valence-electron chi connectivity index (χ0n) is 10.6. The summed E-state index contributed by atoms with van der Waals surface area (Å²) in [6.07, 6.45) is 2.47. The molecule has 0 aromatic rings. The molecule has 2 aliphatic rings. The molecule has 0 aliphatic carbocycles. The molecule has 5 nitrogen and oxygen atoms in total. The highest BCUT2D eigenvalue weighted by Crippen LogP contribution is 2.18. The molecule has 2 saturated heterocycles. The van der Waals surface area contributed by atoms with Crippen molar-refractivity contribution < 1.29 is 9.59 Å². The molecule has 0 bridgehead atoms. The lowest BCUT2D eigenvalue weighted by atomic mass is 10.0. The molecule has 2 rings (SSSR count). The number of carbonyl (C=O) groups excluding carboxylic acids is 2. The Morgan fingerprint density at radius 3 is 2.47 bits per heavy atom. The Bertz CT molecular complexity index is 311. The molecule has 0 saturated carbocycles. The van der Waals surface area contributed by atoms with Crippen LogP contribution in [0.4, 0.5) is 0 Å². The average Bonchev–Trinajstić information content (AvgIpc) is 2.42. The molecule has 2 amide bonds. The van der Waals surface area contributed by atoms with Crippen LogP contribution in [0.5, 0.6) is 0 Å². The fourth-order valence-corrected chi connectivity index (χ4v) is 2.63. The Morgan fingerprint density at radius 1 is 1.18 bits per heavy atom. The summed E-state index contributed by atoms with van der Waals surface area (Å²) in [7, 11) is 2.11. The lowest BCUT2D eigenvalue weighted by Crippen LogP contribution is -2.50. The van der Waals surface area contributed by atoms with Crippen molar-refractivity contribution in [1.82, 2.24) is 15.1 Å². The van der Waals surface area contributed by atoms with E-state index in [-0.39, 0.29) is 17.9 Å². The Balaban J connectivity index is 2.03. The molecule has 5 heteroatoms. The first-order valence-corrected chi connectivity index (χ1v) is 6.36. The van der Waals surface area contributed by atoms with Crippen LogP contribution in [-0.4, -0.2) is 60.4 Å². The van der Waals surface area contributed by atoms with Crippen LogP contribution in [0.25, 0.3) is 0 Å². The minimum absolute atomic E-state index is 0.0127. The molecule has 96 valence electrons. The zero-order valence-corrected chi connectivity index (χ0v) is 10.6. The summed E-state index contributed by atoms with van der Waals surface area (Å²) in [4.78, 5) is 27.8. The fraction of sp³-hybridized carbons (Fsp3) is 0.833. The fourth-order valence-electron chi connectivity index (χ4n) is 2.63. The summed E-state index contributed by atoms with van der Waals surface area (Å²) in [6.45, 7) is 4.41. The summed E-state index contributed by atoms with van der Waals surface area (Å²) in [5.41, 5.74) is 0. The summed E-state index contributed by atoms with van der Waals surface area (Å²) >= 11 is 0. The Morgan fingerprint density at radius 2 is 1.82 bits per heavy atom. The molecule has 0 radical (unpaired) electrons. The van der Waals surface area contributed by atoms with Crippen molar-refractivity contribution >= 4 is 11.8 Å². The van der Waals surface area contributed by atoms with E-state index in [4.69, 9.17) is 0 Å². The van der Waals surface area contributed by atoms with Crippen LogP contribution in [0.1, 0.15) is 26.2 Å². The maximum Gasteiger partial charge on any atom is 0.245 e. The minimum Gasteiger partial charge on any atom is -0.345 e. The van der Waals surface area contributed by atoms with Crippen molar-refractivity contribution in [1.29, 1.82) is 0 Å². The number of rotatable bonds is 1. The van der Waals surface area contributed by atoms with Crippen molar-refractivity contribution in [3.63, 3.8) is 0 Å². The van der Waals surface area contributed by atoms with Crippen LogP contribution >= 0.6 is 0 Å². The summed E-state index contributed by atoms with van der Waals surface area (Å²) in [6, 6.07) is -0.0569. The molecule has 0 aromatic heterocycles. The summed E-state index contributed by atoms with van der Waals surface area (Å²) in [5, 5.41) is 2.73. The van der Waals surface area contributed by atoms with Crippen LogP contribution < -0.4 is 5.32 Å². The molecule has 0 aromatic carbocycles. The molecular formula is C12H21N3O2. The lowest BCUT2D eigenvalue weighted by molar-refractivity contribution is -0.135. The molecule has 1 atom stereocenters. The highest BCUT2D eigenvalue weighted by atomic mass is 16.2. The molecule has 2 aliphatic heterocycles. The van der Waals surface area contributed by atoms with E-state index >= 15 is 0 Å². The van der Waals surface area contributed by atoms with E-state index in [1.165, 1.54) is 0 Å². The number of nitrogens with one attached hydrogen (secondary N) is 1. The molecule has 1 unspecified atom stereocenters. The number of nitrogens with zero attached hydrogens (tertiary/aromatic N) is 2. The lowest BCUT2D eigenvalue weighted by Gasteiger charge is -2.37. The van der Waals surface area contributed by atoms with Gasteiger partial charge in [0.1, 0.15) is 6.04 Å². The van der Waals surface area contributed by atoms with Gasteiger partial charge in [0.2, 0.25) is 11.8 Å². The maximum atomic E-state index is 12.2. The van der Waals surface area contributed by atoms with Gasteiger partial charge in [0, 0.05) is 19.0 Å². The van der Waals surface area contributed by atoms with Crippen molar-refractivity contribution in [2.75, 3.05) is 26.7 Å². The third-order valence-corrected chi connectivity index (χ3v) is 3.74. The average molecular weight is 239 g/mol. The first kappa shape index (κ1) is 12.4. The van der Waals surface area contributed by atoms with Gasteiger partial charge in [0.15, 0.2) is 0 Å². The quantitative estimate of drug-likeness (QED) is 0.690. The van der Waals surface area contributed by atoms with Gasteiger partial charge in [-0.1, -0.05) is 0 Å². The Kier molecular flexibility index (Phi) is 3.66. The SMILES string of the molecule is CC1NC(=O)CCN(C2CCN(C)CC2)C1=O. The van der Waals surface area contributed by atoms with Crippen LogP contribution in [-0.2, 0) is 9.59 Å². The first-order chi connectivity index (χ1) is 8.08. The molecule has 0 spiro atoms. The number of hydrogen-bond donors (Lipinski definition) is 1. The van der Waals surface area contributed by atoms with Gasteiger partial charge < -0.3 is 15.1 Å². The van der Waals surface area contributed by atoms with Crippen molar-refractivity contribution in [3.8, 4) is 0 Å². The van der Waals surface area contributed by atoms with E-state index in [1.807, 2.05) is 4.90 Å². The standard InChI is InChI=1S/C12H21N3O2/c1-9-12(17)15(8-5-11(16)13-9)10-3-6-14(2)7-4-10/h9-10H,3-8H2,1-2H3,(H,13,16). The van der Waals surface area contributed by atoms with Crippen LogP contribution in [0.2, 0.25) is 0 Å². The van der Waals surface area contributed by atoms with E-state index in [9.17, 15) is 9.59 Å². The Labute approximate surface area is 102 Å². The highest BCUT2D eigenvalue weighted by molar-refractivity contribution is 5.89. The predicted octanol–water partition coefficient (Wildman–Crippen LogP) is -0.182. The molecule has 2 fully saturated rings. The Hall–Kier alpha value is -1.10. The smallest absolute Gasteiger partial charge is 0.245 e. The van der Waals surface area contributed by atoms with Crippen LogP contribution in [0.3, 0.4) is 0 Å². The monoisotopic (exact) mass is 239 g/mol. The van der Waals surface area contributed by atoms with Gasteiger partial charge >= 0.3 is 0 Å². The van der Waals surface area contributed by atoms with Crippen molar-refractivity contribution in [2.24, 2.45) is 0 Å². The van der Waals surface area contributed by atoms with Gasteiger partial charge in [-0.3, -0.25) is 9.59 Å². The number of likely N-dealkylation sites (tertiary alicyclic amines) is 1. The molecular weight excluding hydrogens is 218 g/mol. The molecule has 2 heterocycles. The topological polar surface area (TPSA) is 52.7 Å². The van der Waals surface area contributed by atoms with Gasteiger partial charge in [-0.2, -0.15) is 0 Å². The first-order valence-electron chi connectivity index (χ1n) is 6.36. The second-order valence-electron chi connectivity index (χ2n) is 5.11. The van der Waals surface area contributed by atoms with Gasteiger partial charge in [0.05, 0.1) is 0 Å². The normalized spacial score (nSPS) is 29.1. The van der Waals surface area contributed by atoms with Gasteiger partial charge in [-0.05, 0) is 39.9 Å². The predicted molar refractivity (Wildman–Crippen MR) is 64.5 cm³/mol. The maximum absolute atomic E-state index is 12.2. The number of piperidine rings is 1. The van der Waals surface area contributed by atoms with Gasteiger partial charge in [0.25, 0.3) is 0 Å². The summed E-state index contributed by atoms with van der Waals surface area (Å²) in [5.74, 6) is 0.0617. The minimum atomic E-state index is -0.371. The van der Waals surface area contributed by atoms with Gasteiger partial charge in [-0.25, -0.2) is 0 Å². The van der Waals surface area contributed by atoms with Crippen LogP contribution in [0, 0.1) is 0 Å². The van der Waals surface area contributed by atoms with E-state index in [0.717, 1.165) is 25.9 Å². The number of amides is 2. The van der Waals surface area contributed by atoms with Crippen LogP contribution in [0.15, 0.2) is 0 Å². The molecule has 1 N–H and O–H groups in total. The zero-order chi connectivity index (χ0) is 12.4. The van der Waals surface area contributed by atoms with E-state index in [0.29, 0.717) is 19.0 Å². The van der Waals surface area contributed by atoms with Gasteiger partial charge in [-0.15, -0.1) is 0 Å². The number of carbonyl (C=O) groups is 2. The third-order valence-electron chi connectivity index (χ3n) is 3.74. The van der Waals surface area contributed by atoms with E-state index in [2.05, 4.69) is 17.3 Å². The van der Waals surface area contributed by atoms with E-state index < -0.39 is 0 Å². The van der Waals surface area contributed by atoms with E-state index in [1.54, 1.807) is 6.92 Å². The van der Waals surface area contributed by atoms with Crippen molar-refractivity contribution in [2.45, 2.75) is 38.3 Å². The highest BCUT2D eigenvalue weighted by Gasteiger charge is 2.32. The number of hydrogen-bond acceptors (Lipinski definition) is 3. The largest absolute Gasteiger partial charge is 0.345 e. The second kappa shape index (κ2) is 5.04. The summed E-state index contributed by atoms with van der Waals surface area (Å²) < 4.78 is 0. The van der Waals surface area contributed by atoms with Crippen molar-refractivity contribution in [3.05, 3.63) is 0 Å². The molecule has 17 heavy (non-hydrogen) atoms. The second-order valence-corrected chi connectivity index (χ2v) is 5.11. The third kappa shape index (κ3) is 2.77.